The van der Waals surface area contributed by atoms with Crippen molar-refractivity contribution in [3.8, 4) is 17.6 Å². The summed E-state index contributed by atoms with van der Waals surface area (Å²) in [4.78, 5) is 17.6. The number of hydrogen-bond donors (Lipinski definition) is 1. The minimum absolute atomic E-state index is 0.216. The van der Waals surface area contributed by atoms with Crippen molar-refractivity contribution in [2.75, 3.05) is 6.61 Å². The normalized spacial score (nSPS) is 15.2. The first-order chi connectivity index (χ1) is 17.0. The predicted octanol–water partition coefficient (Wildman–Crippen LogP) is 6.39. The monoisotopic (exact) mass is 503 g/mol. The van der Waals surface area contributed by atoms with Gasteiger partial charge >= 0.3 is 0 Å². The number of amidine groups is 1. The van der Waals surface area contributed by atoms with Crippen LogP contribution in [0.15, 0.2) is 70.6 Å². The number of nitrogens with zero attached hydrogens (tertiary/aromatic N) is 2. The zero-order chi connectivity index (χ0) is 24.8. The first kappa shape index (κ1) is 24.4. The van der Waals surface area contributed by atoms with Crippen molar-refractivity contribution in [3.63, 3.8) is 0 Å². The van der Waals surface area contributed by atoms with Crippen LogP contribution < -0.4 is 14.8 Å². The Morgan fingerprint density at radius 1 is 1.11 bits per heavy atom. The first-order valence-electron chi connectivity index (χ1n) is 10.9. The lowest BCUT2D eigenvalue weighted by Gasteiger charge is -2.13. The molecule has 0 bridgehead atoms. The van der Waals surface area contributed by atoms with E-state index in [2.05, 4.69) is 16.4 Å². The summed E-state index contributed by atoms with van der Waals surface area (Å²) in [6, 6.07) is 20.4. The summed E-state index contributed by atoms with van der Waals surface area (Å²) in [5, 5.41) is 13.2. The number of ether oxygens (including phenoxy) is 2. The van der Waals surface area contributed by atoms with Crippen molar-refractivity contribution >= 4 is 46.2 Å². The van der Waals surface area contributed by atoms with Crippen LogP contribution >= 0.6 is 23.4 Å². The number of nitrogens with one attached hydrogen (secondary N) is 1. The van der Waals surface area contributed by atoms with E-state index in [1.807, 2.05) is 56.3 Å². The molecule has 1 N–H and O–H groups in total. The number of carbonyl (C=O) groups excluding carboxylic acids is 1. The van der Waals surface area contributed by atoms with Crippen LogP contribution in [0, 0.1) is 18.3 Å². The fourth-order valence-electron chi connectivity index (χ4n) is 3.40. The van der Waals surface area contributed by atoms with Crippen molar-refractivity contribution in [1.29, 1.82) is 5.26 Å². The first-order valence-corrected chi connectivity index (χ1v) is 12.1. The second-order valence-electron chi connectivity index (χ2n) is 7.61. The fraction of sp³-hybridized carbons (Fsp3) is 0.148. The largest absolute Gasteiger partial charge is 0.490 e. The number of thioether (sulfide) groups is 1. The lowest BCUT2D eigenvalue weighted by molar-refractivity contribution is -0.115. The molecule has 3 aromatic rings. The average Bonchev–Trinajstić information content (AvgIpc) is 3.19. The molecule has 1 aliphatic heterocycles. The number of amides is 1. The second-order valence-corrected chi connectivity index (χ2v) is 9.08. The van der Waals surface area contributed by atoms with Gasteiger partial charge in [-0.25, -0.2) is 4.99 Å². The van der Waals surface area contributed by atoms with Crippen molar-refractivity contribution < 1.29 is 14.3 Å². The van der Waals surface area contributed by atoms with Crippen LogP contribution in [-0.4, -0.2) is 17.7 Å². The van der Waals surface area contributed by atoms with Crippen LogP contribution in [0.2, 0.25) is 5.02 Å². The summed E-state index contributed by atoms with van der Waals surface area (Å²) in [6.07, 6.45) is 1.79. The molecule has 0 unspecified atom stereocenters. The molecular weight excluding hydrogens is 482 g/mol. The van der Waals surface area contributed by atoms with E-state index in [0.29, 0.717) is 38.8 Å². The molecule has 6 nitrogen and oxygen atoms in total. The Balaban J connectivity index is 1.53. The Morgan fingerprint density at radius 3 is 2.71 bits per heavy atom. The van der Waals surface area contributed by atoms with Crippen LogP contribution in [0.25, 0.3) is 6.08 Å². The van der Waals surface area contributed by atoms with Gasteiger partial charge < -0.3 is 14.8 Å². The SMILES string of the molecule is CCOc1cc(/C=C2\SC(=Nc3ccc(Cl)cc3C)NC2=O)ccc1OCc1ccccc1C#N. The minimum atomic E-state index is -0.216. The third kappa shape index (κ3) is 6.04. The van der Waals surface area contributed by atoms with Crippen LogP contribution in [0.5, 0.6) is 11.5 Å². The summed E-state index contributed by atoms with van der Waals surface area (Å²) < 4.78 is 11.7. The summed E-state index contributed by atoms with van der Waals surface area (Å²) in [5.41, 5.74) is 3.83. The topological polar surface area (TPSA) is 83.7 Å². The number of aryl methyl sites for hydroxylation is 1. The predicted molar refractivity (Wildman–Crippen MR) is 140 cm³/mol. The highest BCUT2D eigenvalue weighted by atomic mass is 35.5. The molecule has 35 heavy (non-hydrogen) atoms. The highest BCUT2D eigenvalue weighted by Crippen LogP contribution is 2.33. The lowest BCUT2D eigenvalue weighted by atomic mass is 10.1. The van der Waals surface area contributed by atoms with Crippen molar-refractivity contribution in [2.45, 2.75) is 20.5 Å². The van der Waals surface area contributed by atoms with Crippen LogP contribution in [-0.2, 0) is 11.4 Å². The molecule has 0 aromatic heterocycles. The third-order valence-electron chi connectivity index (χ3n) is 5.12. The van der Waals surface area contributed by atoms with Crippen LogP contribution in [0.3, 0.4) is 0 Å². The van der Waals surface area contributed by atoms with Gasteiger partial charge in [-0.1, -0.05) is 35.9 Å². The number of rotatable bonds is 7. The van der Waals surface area contributed by atoms with E-state index in [9.17, 15) is 10.1 Å². The molecule has 1 heterocycles. The molecule has 0 radical (unpaired) electrons. The van der Waals surface area contributed by atoms with Crippen LogP contribution in [0.4, 0.5) is 5.69 Å². The number of hydrogen-bond acceptors (Lipinski definition) is 6. The number of benzene rings is 3. The lowest BCUT2D eigenvalue weighted by Crippen LogP contribution is -2.19. The Morgan fingerprint density at radius 2 is 1.94 bits per heavy atom. The quantitative estimate of drug-likeness (QED) is 0.378. The molecule has 0 aliphatic carbocycles. The van der Waals surface area contributed by atoms with E-state index in [-0.39, 0.29) is 12.5 Å². The molecule has 1 aliphatic rings. The minimum Gasteiger partial charge on any atom is -0.490 e. The van der Waals surface area contributed by atoms with E-state index >= 15 is 0 Å². The van der Waals surface area contributed by atoms with Gasteiger partial charge in [0, 0.05) is 10.6 Å². The van der Waals surface area contributed by atoms with Gasteiger partial charge in [0.15, 0.2) is 16.7 Å². The Labute approximate surface area is 213 Å². The number of halogens is 1. The van der Waals surface area contributed by atoms with Gasteiger partial charge in [-0.2, -0.15) is 5.26 Å². The molecule has 176 valence electrons. The highest BCUT2D eigenvalue weighted by Gasteiger charge is 2.24. The molecule has 1 amide bonds. The van der Waals surface area contributed by atoms with E-state index in [0.717, 1.165) is 22.4 Å². The van der Waals surface area contributed by atoms with E-state index in [1.54, 1.807) is 24.3 Å². The van der Waals surface area contributed by atoms with Crippen LogP contribution in [0.1, 0.15) is 29.2 Å². The highest BCUT2D eigenvalue weighted by molar-refractivity contribution is 8.18. The van der Waals surface area contributed by atoms with Gasteiger partial charge in [0.1, 0.15) is 6.61 Å². The Kier molecular flexibility index (Phi) is 7.76. The molecule has 0 spiro atoms. The second kappa shape index (κ2) is 11.1. The van der Waals surface area contributed by atoms with Gasteiger partial charge in [-0.05, 0) is 79.2 Å². The molecule has 0 atom stereocenters. The third-order valence-corrected chi connectivity index (χ3v) is 6.26. The number of aliphatic imine (C=N–C) groups is 1. The zero-order valence-electron chi connectivity index (χ0n) is 19.2. The standard InChI is InChI=1S/C27H22ClN3O3S/c1-3-33-24-13-18(8-11-23(24)34-16-20-7-5-4-6-19(20)15-29)14-25-26(32)31-27(35-25)30-22-10-9-21(28)12-17(22)2/h4-14H,3,16H2,1-2H3,(H,30,31,32)/b25-14-. The van der Waals surface area contributed by atoms with Gasteiger partial charge in [-0.3, -0.25) is 4.79 Å². The van der Waals surface area contributed by atoms with Crippen molar-refractivity contribution in [2.24, 2.45) is 4.99 Å². The smallest absolute Gasteiger partial charge is 0.264 e. The molecule has 4 rings (SSSR count). The van der Waals surface area contributed by atoms with E-state index in [4.69, 9.17) is 21.1 Å². The summed E-state index contributed by atoms with van der Waals surface area (Å²) in [7, 11) is 0. The summed E-state index contributed by atoms with van der Waals surface area (Å²) in [6.45, 7) is 4.51. The maximum atomic E-state index is 12.5. The summed E-state index contributed by atoms with van der Waals surface area (Å²) in [5.74, 6) is 0.905. The maximum absolute atomic E-state index is 12.5. The number of carbonyl (C=O) groups is 1. The zero-order valence-corrected chi connectivity index (χ0v) is 20.7. The van der Waals surface area contributed by atoms with Crippen molar-refractivity contribution in [3.05, 3.63) is 92.8 Å². The molecule has 0 saturated carbocycles. The Hall–Kier alpha value is -3.73. The van der Waals surface area contributed by atoms with Crippen molar-refractivity contribution in [1.82, 2.24) is 5.32 Å². The summed E-state index contributed by atoms with van der Waals surface area (Å²) >= 11 is 7.29. The van der Waals surface area contributed by atoms with Gasteiger partial charge in [0.2, 0.25) is 0 Å². The van der Waals surface area contributed by atoms with E-state index in [1.165, 1.54) is 11.8 Å². The van der Waals surface area contributed by atoms with Gasteiger partial charge in [0.05, 0.1) is 28.8 Å². The number of nitriles is 1. The fourth-order valence-corrected chi connectivity index (χ4v) is 4.46. The average molecular weight is 504 g/mol. The maximum Gasteiger partial charge on any atom is 0.264 e. The van der Waals surface area contributed by atoms with Gasteiger partial charge in [-0.15, -0.1) is 0 Å². The molecule has 1 fully saturated rings. The van der Waals surface area contributed by atoms with E-state index < -0.39 is 0 Å². The Bertz CT molecular complexity index is 1380. The molecular formula is C27H22ClN3O3S. The molecule has 3 aromatic carbocycles. The molecule has 8 heteroatoms. The van der Waals surface area contributed by atoms with Gasteiger partial charge in [0.25, 0.3) is 5.91 Å². The molecule has 1 saturated heterocycles.